The smallest absolute Gasteiger partial charge is 0.159 e. The molecule has 0 unspecified atom stereocenters. The maximum absolute atomic E-state index is 8.80. The van der Waals surface area contributed by atoms with E-state index in [1.165, 1.54) is 5.56 Å². The molecule has 0 aliphatic carbocycles. The molecule has 0 radical (unpaired) electrons. The first kappa shape index (κ1) is 30.6. The highest BCUT2D eigenvalue weighted by atomic mass is 16.5. The summed E-state index contributed by atoms with van der Waals surface area (Å²) in [5.41, 5.74) is 16.3. The van der Waals surface area contributed by atoms with Crippen LogP contribution in [0.25, 0.3) is 49.7 Å². The molecule has 0 saturated carbocycles. The second-order valence-electron chi connectivity index (χ2n) is 12.3. The number of hydrogen-bond acceptors (Lipinski definition) is 2. The number of nitrogens with one attached hydrogen (secondary N) is 1. The number of rotatable bonds is 3. The van der Waals surface area contributed by atoms with Gasteiger partial charge in [-0.1, -0.05) is 145 Å². The lowest BCUT2D eigenvalue weighted by atomic mass is 9.94. The normalized spacial score (nSPS) is 11.7. The number of amidine groups is 2. The van der Waals surface area contributed by atoms with E-state index in [2.05, 4.69) is 107 Å². The number of hydrogen-bond donors (Lipinski definition) is 2. The molecule has 7 aromatic carbocycles. The van der Waals surface area contributed by atoms with E-state index in [-0.39, 0.29) is 5.84 Å². The van der Waals surface area contributed by atoms with Gasteiger partial charge in [0.25, 0.3) is 0 Å². The molecule has 0 bridgehead atoms. The lowest BCUT2D eigenvalue weighted by molar-refractivity contribution is 0.491. The molecule has 2 heterocycles. The topological polar surface area (TPSA) is 76.4 Å². The largest absolute Gasteiger partial charge is 0.454 e. The van der Waals surface area contributed by atoms with Crippen molar-refractivity contribution in [3.05, 3.63) is 187 Å². The van der Waals surface area contributed by atoms with E-state index in [1.54, 1.807) is 0 Å². The van der Waals surface area contributed by atoms with Gasteiger partial charge in [-0.05, 0) is 48.4 Å². The van der Waals surface area contributed by atoms with Crippen LogP contribution >= 0.6 is 0 Å². The van der Waals surface area contributed by atoms with E-state index in [0.717, 1.165) is 66.8 Å². The molecule has 0 atom stereocenters. The quantitative estimate of drug-likeness (QED) is 0.148. The minimum atomic E-state index is 0.0990. The molecule has 1 aliphatic rings. The van der Waals surface area contributed by atoms with Crippen molar-refractivity contribution >= 4 is 33.5 Å². The monoisotopic (exact) mass is 646 g/mol. The third-order valence-electron chi connectivity index (χ3n) is 9.02. The zero-order valence-electron chi connectivity index (χ0n) is 27.5. The summed E-state index contributed by atoms with van der Waals surface area (Å²) in [5, 5.41) is 11.0. The van der Waals surface area contributed by atoms with Gasteiger partial charge < -0.3 is 15.0 Å². The molecule has 5 nitrogen and oxygen atoms in total. The summed E-state index contributed by atoms with van der Waals surface area (Å²) < 4.78 is 9.10. The van der Waals surface area contributed by atoms with Gasteiger partial charge in [0.2, 0.25) is 0 Å². The number of nitrogens with zero attached hydrogens (tertiary/aromatic N) is 2. The number of fused-ring (bicyclic) bond motifs is 9. The van der Waals surface area contributed by atoms with Crippen LogP contribution in [0.2, 0.25) is 0 Å². The number of aliphatic imine (C=N–C) groups is 1. The average molecular weight is 647 g/mol. The summed E-state index contributed by atoms with van der Waals surface area (Å²) in [6.45, 7) is 2.08. The molecule has 240 valence electrons. The summed E-state index contributed by atoms with van der Waals surface area (Å²) in [6.07, 6.45) is 0. The van der Waals surface area contributed by atoms with Crippen molar-refractivity contribution in [3.63, 3.8) is 0 Å². The number of ether oxygens (including phenoxy) is 1. The zero-order valence-corrected chi connectivity index (χ0v) is 27.5. The Kier molecular flexibility index (Phi) is 7.99. The van der Waals surface area contributed by atoms with Crippen LogP contribution < -0.4 is 10.5 Å². The highest BCUT2D eigenvalue weighted by molar-refractivity contribution is 6.14. The number of nitrogens with two attached hydrogens (primary N) is 1. The Bertz CT molecular complexity index is 2550. The Balaban J connectivity index is 0.000000463. The van der Waals surface area contributed by atoms with E-state index in [4.69, 9.17) is 15.9 Å². The molecule has 5 heteroatoms. The summed E-state index contributed by atoms with van der Waals surface area (Å²) >= 11 is 0. The van der Waals surface area contributed by atoms with Crippen molar-refractivity contribution < 1.29 is 4.74 Å². The minimum absolute atomic E-state index is 0.0990. The number of benzene rings is 7. The SMILES string of the molecule is Cc1ccccc1.N=C(N=C(N)c1ccccc1)c1cccc(-n2c3ccccc3c3ccc4c(c32)Oc2ccccc2-c2ccccc2-4)c1. The Morgan fingerprint density at radius 1 is 0.580 bits per heavy atom. The lowest BCUT2D eigenvalue weighted by Gasteiger charge is -2.15. The van der Waals surface area contributed by atoms with Crippen LogP contribution in [0, 0.1) is 12.3 Å². The van der Waals surface area contributed by atoms with Crippen LogP contribution in [0.15, 0.2) is 175 Å². The minimum Gasteiger partial charge on any atom is -0.454 e. The molecule has 8 aromatic rings. The lowest BCUT2D eigenvalue weighted by Crippen LogP contribution is -2.15. The number of para-hydroxylation sites is 2. The molecule has 1 aromatic heterocycles. The molecular formula is C45H34N4O. The van der Waals surface area contributed by atoms with Crippen molar-refractivity contribution in [1.82, 2.24) is 4.57 Å². The van der Waals surface area contributed by atoms with Crippen molar-refractivity contribution in [1.29, 1.82) is 5.41 Å². The third-order valence-corrected chi connectivity index (χ3v) is 9.02. The Labute approximate surface area is 291 Å². The zero-order chi connectivity index (χ0) is 34.0. The summed E-state index contributed by atoms with van der Waals surface area (Å²) in [4.78, 5) is 4.44. The van der Waals surface area contributed by atoms with Crippen molar-refractivity contribution in [2.24, 2.45) is 10.7 Å². The first-order chi connectivity index (χ1) is 24.6. The van der Waals surface area contributed by atoms with Crippen molar-refractivity contribution in [3.8, 4) is 39.4 Å². The van der Waals surface area contributed by atoms with E-state index < -0.39 is 0 Å². The maximum Gasteiger partial charge on any atom is 0.159 e. The highest BCUT2D eigenvalue weighted by Gasteiger charge is 2.25. The van der Waals surface area contributed by atoms with Crippen LogP contribution in [0.3, 0.4) is 0 Å². The molecule has 0 amide bonds. The predicted octanol–water partition coefficient (Wildman–Crippen LogP) is 10.9. The van der Waals surface area contributed by atoms with Crippen LogP contribution in [0.5, 0.6) is 11.5 Å². The first-order valence-corrected chi connectivity index (χ1v) is 16.6. The second-order valence-corrected chi connectivity index (χ2v) is 12.3. The first-order valence-electron chi connectivity index (χ1n) is 16.6. The predicted molar refractivity (Wildman–Crippen MR) is 207 cm³/mol. The van der Waals surface area contributed by atoms with Gasteiger partial charge in [0.05, 0.1) is 11.0 Å². The maximum atomic E-state index is 8.80. The van der Waals surface area contributed by atoms with Crippen LogP contribution in [-0.4, -0.2) is 16.2 Å². The average Bonchev–Trinajstić information content (AvgIpc) is 3.43. The van der Waals surface area contributed by atoms with Gasteiger partial charge in [-0.25, -0.2) is 4.99 Å². The molecule has 0 spiro atoms. The fourth-order valence-corrected chi connectivity index (χ4v) is 6.64. The molecule has 0 fully saturated rings. The third kappa shape index (κ3) is 5.61. The Morgan fingerprint density at radius 3 is 1.94 bits per heavy atom. The van der Waals surface area contributed by atoms with Gasteiger partial charge in [-0.2, -0.15) is 0 Å². The van der Waals surface area contributed by atoms with Gasteiger partial charge in [0.15, 0.2) is 11.6 Å². The molecule has 50 heavy (non-hydrogen) atoms. The van der Waals surface area contributed by atoms with E-state index in [9.17, 15) is 0 Å². The fourth-order valence-electron chi connectivity index (χ4n) is 6.64. The van der Waals surface area contributed by atoms with Gasteiger partial charge >= 0.3 is 0 Å². The number of aryl methyl sites for hydroxylation is 1. The van der Waals surface area contributed by atoms with Crippen LogP contribution in [-0.2, 0) is 0 Å². The highest BCUT2D eigenvalue weighted by Crippen LogP contribution is 2.50. The van der Waals surface area contributed by atoms with Crippen LogP contribution in [0.4, 0.5) is 0 Å². The second kappa shape index (κ2) is 13.1. The summed E-state index contributed by atoms with van der Waals surface area (Å²) in [5.74, 6) is 2.03. The molecule has 0 saturated heterocycles. The molecular weight excluding hydrogens is 613 g/mol. The molecule has 9 rings (SSSR count). The van der Waals surface area contributed by atoms with E-state index >= 15 is 0 Å². The summed E-state index contributed by atoms with van der Waals surface area (Å²) in [6, 6.07) is 57.1. The van der Waals surface area contributed by atoms with E-state index in [1.807, 2.05) is 78.9 Å². The van der Waals surface area contributed by atoms with Gasteiger partial charge in [0, 0.05) is 38.7 Å². The van der Waals surface area contributed by atoms with Gasteiger partial charge in [-0.3, -0.25) is 5.41 Å². The Morgan fingerprint density at radius 2 is 1.20 bits per heavy atom. The van der Waals surface area contributed by atoms with Crippen molar-refractivity contribution in [2.75, 3.05) is 0 Å². The summed E-state index contributed by atoms with van der Waals surface area (Å²) in [7, 11) is 0. The number of aromatic nitrogens is 1. The fraction of sp³-hybridized carbons (Fsp3) is 0.0222. The van der Waals surface area contributed by atoms with Gasteiger partial charge in [0.1, 0.15) is 11.6 Å². The molecule has 3 N–H and O–H groups in total. The molecule has 1 aliphatic heterocycles. The van der Waals surface area contributed by atoms with E-state index in [0.29, 0.717) is 11.4 Å². The van der Waals surface area contributed by atoms with Crippen LogP contribution in [0.1, 0.15) is 16.7 Å². The Hall–Kier alpha value is -6.72. The van der Waals surface area contributed by atoms with Crippen molar-refractivity contribution in [2.45, 2.75) is 6.92 Å². The standard InChI is InChI=1S/C38H26N4O.C7H8/c39-37(24-11-2-1-3-12-24)41-38(40)25-13-10-14-26(23-25)42-33-19-8-6-17-29(33)31-21-22-32-28-16-5-4-15-27(28)30-18-7-9-20-34(30)43-36(32)35(31)42;1-7-5-3-2-4-6-7/h1-23H,(H3,39,40,41);2-6H,1H3. The van der Waals surface area contributed by atoms with Gasteiger partial charge in [-0.15, -0.1) is 0 Å².